The summed E-state index contributed by atoms with van der Waals surface area (Å²) in [5.74, 6) is -0.704. The van der Waals surface area contributed by atoms with Gasteiger partial charge in [-0.3, -0.25) is 9.59 Å². The lowest BCUT2D eigenvalue weighted by atomic mass is 10.3. The molecule has 0 spiro atoms. The Hall–Kier alpha value is -1.73. The molecule has 2 amide bonds. The van der Waals surface area contributed by atoms with E-state index in [1.165, 1.54) is 0 Å². The molecule has 0 bridgehead atoms. The number of hydroxylamine groups is 2. The topological polar surface area (TPSA) is 72.9 Å². The Bertz CT molecular complexity index is 445. The third-order valence-electron chi connectivity index (χ3n) is 2.05. The molecule has 17 heavy (non-hydrogen) atoms. The Morgan fingerprint density at radius 2 is 1.65 bits per heavy atom. The van der Waals surface area contributed by atoms with Crippen molar-refractivity contribution in [1.29, 1.82) is 0 Å². The Labute approximate surface area is 99.9 Å². The maximum absolute atomic E-state index is 11.4. The van der Waals surface area contributed by atoms with Crippen molar-refractivity contribution >= 4 is 23.2 Å². The minimum atomic E-state index is -2.22. The summed E-state index contributed by atoms with van der Waals surface area (Å²) in [7, 11) is 0. The first-order valence-corrected chi connectivity index (χ1v) is 5.86. The summed E-state index contributed by atoms with van der Waals surface area (Å²) in [6, 6.07) is 8.31. The van der Waals surface area contributed by atoms with Gasteiger partial charge in [-0.2, -0.15) is 4.21 Å². The van der Waals surface area contributed by atoms with E-state index in [4.69, 9.17) is 4.18 Å². The highest BCUT2D eigenvalue weighted by atomic mass is 32.2. The van der Waals surface area contributed by atoms with Crippen LogP contribution in [0.5, 0.6) is 5.75 Å². The number of amides is 2. The fraction of sp³-hybridized carbons (Fsp3) is 0.200. The first-order valence-electron chi connectivity index (χ1n) is 4.86. The zero-order valence-electron chi connectivity index (χ0n) is 8.70. The number of rotatable bonds is 4. The van der Waals surface area contributed by atoms with Gasteiger partial charge in [-0.15, -0.1) is 9.35 Å². The quantitative estimate of drug-likeness (QED) is 0.741. The molecule has 7 heteroatoms. The third kappa shape index (κ3) is 2.89. The number of hydrogen-bond donors (Lipinski definition) is 0. The highest BCUT2D eigenvalue weighted by molar-refractivity contribution is 7.75. The van der Waals surface area contributed by atoms with Gasteiger partial charge in [0.25, 0.3) is 11.8 Å². The molecule has 1 aromatic carbocycles. The number of para-hydroxylation sites is 1. The van der Waals surface area contributed by atoms with Crippen LogP contribution in [0.3, 0.4) is 0 Å². The van der Waals surface area contributed by atoms with E-state index in [9.17, 15) is 13.8 Å². The van der Waals surface area contributed by atoms with Gasteiger partial charge in [-0.05, 0) is 12.1 Å². The van der Waals surface area contributed by atoms with Crippen molar-refractivity contribution in [2.45, 2.75) is 12.8 Å². The molecule has 1 aliphatic rings. The van der Waals surface area contributed by atoms with Crippen molar-refractivity contribution in [3.8, 4) is 5.75 Å². The van der Waals surface area contributed by atoms with Gasteiger partial charge in [0.05, 0.1) is 0 Å². The average Bonchev–Trinajstić information content (AvgIpc) is 2.62. The van der Waals surface area contributed by atoms with Crippen LogP contribution in [-0.4, -0.2) is 21.1 Å². The van der Waals surface area contributed by atoms with Gasteiger partial charge in [0.2, 0.25) is 0 Å². The number of nitrogens with zero attached hydrogens (tertiary/aromatic N) is 1. The Morgan fingerprint density at radius 3 is 2.24 bits per heavy atom. The summed E-state index contributed by atoms with van der Waals surface area (Å²) >= 11 is -2.22. The molecule has 0 aromatic heterocycles. The third-order valence-corrected chi connectivity index (χ3v) is 2.65. The Balaban J connectivity index is 1.94. The van der Waals surface area contributed by atoms with Gasteiger partial charge < -0.3 is 4.18 Å². The van der Waals surface area contributed by atoms with E-state index in [1.807, 2.05) is 0 Å². The zero-order chi connectivity index (χ0) is 12.3. The van der Waals surface area contributed by atoms with Crippen LogP contribution in [-0.2, 0) is 25.2 Å². The van der Waals surface area contributed by atoms with E-state index in [-0.39, 0.29) is 12.8 Å². The number of carbonyl (C=O) groups is 2. The maximum atomic E-state index is 11.4. The number of hydrogen-bond acceptors (Lipinski definition) is 5. The second-order valence-corrected chi connectivity index (χ2v) is 3.98. The van der Waals surface area contributed by atoms with Gasteiger partial charge in [-0.1, -0.05) is 18.2 Å². The van der Waals surface area contributed by atoms with Crippen molar-refractivity contribution < 1.29 is 22.3 Å². The molecule has 1 fully saturated rings. The minimum Gasteiger partial charge on any atom is -0.379 e. The smallest absolute Gasteiger partial charge is 0.379 e. The Morgan fingerprint density at radius 1 is 1.06 bits per heavy atom. The number of benzene rings is 1. The SMILES string of the molecule is O=C1CCC(=O)N1OS(=O)Oc1ccccc1. The van der Waals surface area contributed by atoms with Crippen LogP contribution in [0.4, 0.5) is 0 Å². The van der Waals surface area contributed by atoms with Gasteiger partial charge in [0.1, 0.15) is 5.75 Å². The molecule has 0 radical (unpaired) electrons. The van der Waals surface area contributed by atoms with Crippen LogP contribution in [0, 0.1) is 0 Å². The lowest BCUT2D eigenvalue weighted by Gasteiger charge is -2.11. The average molecular weight is 255 g/mol. The molecule has 1 aliphatic heterocycles. The van der Waals surface area contributed by atoms with Crippen LogP contribution >= 0.6 is 0 Å². The largest absolute Gasteiger partial charge is 0.383 e. The van der Waals surface area contributed by atoms with E-state index in [0.717, 1.165) is 0 Å². The number of carbonyl (C=O) groups excluding carboxylic acids is 2. The van der Waals surface area contributed by atoms with E-state index in [1.54, 1.807) is 30.3 Å². The van der Waals surface area contributed by atoms with Gasteiger partial charge in [-0.25, -0.2) is 0 Å². The van der Waals surface area contributed by atoms with Gasteiger partial charge >= 0.3 is 11.4 Å². The van der Waals surface area contributed by atoms with Crippen LogP contribution in [0.1, 0.15) is 12.8 Å². The maximum Gasteiger partial charge on any atom is 0.383 e. The molecule has 1 atom stereocenters. The van der Waals surface area contributed by atoms with E-state index >= 15 is 0 Å². The van der Waals surface area contributed by atoms with Crippen molar-refractivity contribution in [3.63, 3.8) is 0 Å². The molecule has 2 rings (SSSR count). The van der Waals surface area contributed by atoms with Crippen molar-refractivity contribution in [1.82, 2.24) is 5.06 Å². The second-order valence-electron chi connectivity index (χ2n) is 3.26. The highest BCUT2D eigenvalue weighted by Gasteiger charge is 2.32. The van der Waals surface area contributed by atoms with E-state index in [2.05, 4.69) is 4.28 Å². The first kappa shape index (κ1) is 11.7. The zero-order valence-corrected chi connectivity index (χ0v) is 9.51. The van der Waals surface area contributed by atoms with Crippen LogP contribution in [0.2, 0.25) is 0 Å². The molecule has 1 aromatic rings. The molecule has 90 valence electrons. The summed E-state index contributed by atoms with van der Waals surface area (Å²) in [6.45, 7) is 0. The summed E-state index contributed by atoms with van der Waals surface area (Å²) < 4.78 is 20.9. The van der Waals surface area contributed by atoms with Crippen LogP contribution < -0.4 is 4.18 Å². The lowest BCUT2D eigenvalue weighted by Crippen LogP contribution is -2.31. The number of imide groups is 1. The molecular weight excluding hydrogens is 246 g/mol. The predicted octanol–water partition coefficient (Wildman–Crippen LogP) is 0.725. The van der Waals surface area contributed by atoms with Crippen LogP contribution in [0.15, 0.2) is 30.3 Å². The highest BCUT2D eigenvalue weighted by Crippen LogP contribution is 2.15. The molecule has 6 nitrogen and oxygen atoms in total. The molecular formula is C10H9NO5S. The summed E-state index contributed by atoms with van der Waals surface area (Å²) in [6.07, 6.45) is 0.142. The van der Waals surface area contributed by atoms with Gasteiger partial charge in [0.15, 0.2) is 0 Å². The van der Waals surface area contributed by atoms with Crippen molar-refractivity contribution in [2.75, 3.05) is 0 Å². The standard InChI is InChI=1S/C10H9NO5S/c12-9-6-7-10(13)11(9)16-17(14)15-8-4-2-1-3-5-8/h1-5H,6-7H2. The minimum absolute atomic E-state index is 0.0708. The molecule has 0 saturated carbocycles. The summed E-state index contributed by atoms with van der Waals surface area (Å²) in [5, 5.41) is 0.485. The summed E-state index contributed by atoms with van der Waals surface area (Å²) in [4.78, 5) is 22.3. The van der Waals surface area contributed by atoms with Crippen molar-refractivity contribution in [3.05, 3.63) is 30.3 Å². The van der Waals surface area contributed by atoms with E-state index in [0.29, 0.717) is 10.8 Å². The monoisotopic (exact) mass is 255 g/mol. The Kier molecular flexibility index (Phi) is 3.50. The lowest BCUT2D eigenvalue weighted by molar-refractivity contribution is -0.163. The van der Waals surface area contributed by atoms with E-state index < -0.39 is 23.2 Å². The molecule has 0 N–H and O–H groups in total. The molecule has 0 aliphatic carbocycles. The van der Waals surface area contributed by atoms with Gasteiger partial charge in [0, 0.05) is 12.8 Å². The van der Waals surface area contributed by atoms with Crippen LogP contribution in [0.25, 0.3) is 0 Å². The first-order chi connectivity index (χ1) is 8.16. The fourth-order valence-corrected chi connectivity index (χ4v) is 1.86. The van der Waals surface area contributed by atoms with Crippen molar-refractivity contribution in [2.24, 2.45) is 0 Å². The molecule has 1 unspecified atom stereocenters. The molecule has 1 saturated heterocycles. The predicted molar refractivity (Wildman–Crippen MR) is 57.4 cm³/mol. The fourth-order valence-electron chi connectivity index (χ4n) is 1.27. The molecule has 1 heterocycles. The second kappa shape index (κ2) is 5.07. The summed E-state index contributed by atoms with van der Waals surface area (Å²) in [5.41, 5.74) is 0. The normalized spacial score (nSPS) is 17.3.